The summed E-state index contributed by atoms with van der Waals surface area (Å²) in [5.74, 6) is 0.288. The lowest BCUT2D eigenvalue weighted by molar-refractivity contribution is 0.0497. The van der Waals surface area contributed by atoms with E-state index in [-0.39, 0.29) is 21.7 Å². The Hall–Kier alpha value is -2.88. The minimum Gasteiger partial charge on any atom is -0.444 e. The maximum absolute atomic E-state index is 12.9. The molecule has 0 spiro atoms. The van der Waals surface area contributed by atoms with Crippen molar-refractivity contribution in [2.75, 3.05) is 23.7 Å². The molecule has 1 aromatic carbocycles. The highest BCUT2D eigenvalue weighted by molar-refractivity contribution is 7.91. The Morgan fingerprint density at radius 2 is 1.81 bits per heavy atom. The molecule has 1 aliphatic heterocycles. The fourth-order valence-corrected chi connectivity index (χ4v) is 4.54. The molecule has 168 valence electrons. The first-order valence-electron chi connectivity index (χ1n) is 10.1. The van der Waals surface area contributed by atoms with Gasteiger partial charge in [0.1, 0.15) is 16.3 Å². The number of carbonyl (C=O) groups excluding carboxylic acids is 1. The zero-order valence-corrected chi connectivity index (χ0v) is 19.1. The summed E-state index contributed by atoms with van der Waals surface area (Å²) in [6.45, 7) is 8.54. The first-order chi connectivity index (χ1) is 14.5. The van der Waals surface area contributed by atoms with Gasteiger partial charge >= 0.3 is 6.09 Å². The number of sulfone groups is 1. The van der Waals surface area contributed by atoms with Gasteiger partial charge in [0.25, 0.3) is 0 Å². The van der Waals surface area contributed by atoms with Gasteiger partial charge in [-0.25, -0.2) is 18.2 Å². The van der Waals surface area contributed by atoms with E-state index in [1.54, 1.807) is 24.3 Å². The molecule has 0 unspecified atom stereocenters. The first-order valence-corrected chi connectivity index (χ1v) is 11.6. The second kappa shape index (κ2) is 8.70. The molecule has 2 aromatic rings. The van der Waals surface area contributed by atoms with Crippen molar-refractivity contribution in [2.24, 2.45) is 0 Å². The number of hydrogen-bond donors (Lipinski definition) is 2. The number of carbonyl (C=O) groups is 1. The molecular weight excluding hydrogens is 418 g/mol. The van der Waals surface area contributed by atoms with Crippen LogP contribution in [-0.4, -0.2) is 49.2 Å². The van der Waals surface area contributed by atoms with Gasteiger partial charge < -0.3 is 20.7 Å². The highest BCUT2D eigenvalue weighted by atomic mass is 32.2. The van der Waals surface area contributed by atoms with Crippen LogP contribution in [0.2, 0.25) is 0 Å². The second-order valence-corrected chi connectivity index (χ2v) is 10.6. The number of rotatable bonds is 4. The highest BCUT2D eigenvalue weighted by Crippen LogP contribution is 2.26. The quantitative estimate of drug-likeness (QED) is 0.732. The summed E-state index contributed by atoms with van der Waals surface area (Å²) in [6.07, 6.45) is 2.20. The highest BCUT2D eigenvalue weighted by Gasteiger charge is 2.27. The van der Waals surface area contributed by atoms with Gasteiger partial charge in [0.05, 0.1) is 11.1 Å². The van der Waals surface area contributed by atoms with Crippen molar-refractivity contribution in [3.8, 4) is 0 Å². The number of piperidine rings is 1. The second-order valence-electron chi connectivity index (χ2n) is 8.64. The molecule has 1 aromatic heterocycles. The van der Waals surface area contributed by atoms with Gasteiger partial charge in [0, 0.05) is 19.1 Å². The predicted molar refractivity (Wildman–Crippen MR) is 118 cm³/mol. The normalized spacial score (nSPS) is 15.5. The average Bonchev–Trinajstić information content (AvgIpc) is 2.67. The van der Waals surface area contributed by atoms with Crippen molar-refractivity contribution in [2.45, 2.75) is 62.0 Å². The van der Waals surface area contributed by atoms with E-state index in [0.717, 1.165) is 5.56 Å². The lowest BCUT2D eigenvalue weighted by Gasteiger charge is -2.32. The number of alkyl carbamates (subject to hydrolysis) is 1. The van der Waals surface area contributed by atoms with E-state index in [9.17, 15) is 13.2 Å². The van der Waals surface area contributed by atoms with E-state index in [0.29, 0.717) is 31.9 Å². The predicted octanol–water partition coefficient (Wildman–Crippen LogP) is 2.69. The minimum atomic E-state index is -3.80. The van der Waals surface area contributed by atoms with Crippen LogP contribution in [0.15, 0.2) is 40.3 Å². The van der Waals surface area contributed by atoms with Crippen LogP contribution < -0.4 is 16.0 Å². The molecule has 1 fully saturated rings. The fraction of sp³-hybridized carbons (Fsp3) is 0.476. The van der Waals surface area contributed by atoms with Crippen molar-refractivity contribution in [3.63, 3.8) is 0 Å². The number of anilines is 2. The molecule has 1 aliphatic rings. The van der Waals surface area contributed by atoms with Crippen molar-refractivity contribution >= 4 is 27.7 Å². The number of nitrogens with one attached hydrogen (secondary N) is 1. The molecule has 3 rings (SSSR count). The Balaban J connectivity index is 1.66. The molecule has 31 heavy (non-hydrogen) atoms. The standard InChI is InChI=1S/C21H29N5O4S/c1-14-5-7-16(8-6-14)31(28,29)17-13-23-19(25-18(17)22)26-11-9-15(10-12-26)24-20(27)30-21(2,3)4/h5-8,13,15H,9-12H2,1-4H3,(H,24,27)(H2,22,23,25). The summed E-state index contributed by atoms with van der Waals surface area (Å²) in [4.78, 5) is 22.4. The van der Waals surface area contributed by atoms with Gasteiger partial charge in [0.15, 0.2) is 0 Å². The number of aryl methyl sites for hydroxylation is 1. The SMILES string of the molecule is Cc1ccc(S(=O)(=O)c2cnc(N3CCC(NC(=O)OC(C)(C)C)CC3)nc2N)cc1. The lowest BCUT2D eigenvalue weighted by Crippen LogP contribution is -2.46. The zero-order chi connectivity index (χ0) is 22.8. The molecule has 0 atom stereocenters. The van der Waals surface area contributed by atoms with E-state index in [1.165, 1.54) is 6.20 Å². The van der Waals surface area contributed by atoms with Crippen LogP contribution in [-0.2, 0) is 14.6 Å². The van der Waals surface area contributed by atoms with E-state index in [1.807, 2.05) is 32.6 Å². The van der Waals surface area contributed by atoms with Crippen molar-refractivity contribution in [3.05, 3.63) is 36.0 Å². The molecule has 0 radical (unpaired) electrons. The number of ether oxygens (including phenoxy) is 1. The van der Waals surface area contributed by atoms with Crippen LogP contribution in [0, 0.1) is 6.92 Å². The molecule has 9 nitrogen and oxygen atoms in total. The Kier molecular flexibility index (Phi) is 6.40. The maximum Gasteiger partial charge on any atom is 0.407 e. The number of aromatic nitrogens is 2. The first kappa shape index (κ1) is 22.8. The summed E-state index contributed by atoms with van der Waals surface area (Å²) < 4.78 is 31.0. The Labute approximate surface area is 182 Å². The minimum absolute atomic E-state index is 0.00960. The van der Waals surface area contributed by atoms with E-state index >= 15 is 0 Å². The van der Waals surface area contributed by atoms with Gasteiger partial charge in [-0.2, -0.15) is 4.98 Å². The van der Waals surface area contributed by atoms with Crippen LogP contribution in [0.5, 0.6) is 0 Å². The summed E-state index contributed by atoms with van der Waals surface area (Å²) in [5.41, 5.74) is 6.42. The number of hydrogen-bond acceptors (Lipinski definition) is 8. The summed E-state index contributed by atoms with van der Waals surface area (Å²) in [7, 11) is -3.80. The van der Waals surface area contributed by atoms with Crippen molar-refractivity contribution < 1.29 is 17.9 Å². The van der Waals surface area contributed by atoms with Gasteiger partial charge in [-0.1, -0.05) is 17.7 Å². The molecule has 3 N–H and O–H groups in total. The Morgan fingerprint density at radius 3 is 2.35 bits per heavy atom. The maximum atomic E-state index is 12.9. The van der Waals surface area contributed by atoms with Crippen LogP contribution in [0.1, 0.15) is 39.2 Å². The third-order valence-electron chi connectivity index (χ3n) is 4.89. The summed E-state index contributed by atoms with van der Waals surface area (Å²) in [5, 5.41) is 2.88. The number of nitrogen functional groups attached to an aromatic ring is 1. The zero-order valence-electron chi connectivity index (χ0n) is 18.3. The number of benzene rings is 1. The molecule has 0 bridgehead atoms. The summed E-state index contributed by atoms with van der Waals surface area (Å²) in [6, 6.07) is 6.53. The largest absolute Gasteiger partial charge is 0.444 e. The fourth-order valence-electron chi connectivity index (χ4n) is 3.28. The Morgan fingerprint density at radius 1 is 1.19 bits per heavy atom. The van der Waals surface area contributed by atoms with Crippen LogP contribution in [0.3, 0.4) is 0 Å². The van der Waals surface area contributed by atoms with Crippen LogP contribution >= 0.6 is 0 Å². The topological polar surface area (TPSA) is 128 Å². The molecule has 0 saturated carbocycles. The Bertz CT molecular complexity index is 1040. The number of nitrogens with two attached hydrogens (primary N) is 1. The van der Waals surface area contributed by atoms with Gasteiger partial charge in [-0.05, 0) is 52.7 Å². The van der Waals surface area contributed by atoms with E-state index in [4.69, 9.17) is 10.5 Å². The van der Waals surface area contributed by atoms with Crippen molar-refractivity contribution in [1.82, 2.24) is 15.3 Å². The van der Waals surface area contributed by atoms with E-state index in [2.05, 4.69) is 15.3 Å². The molecule has 1 saturated heterocycles. The molecule has 10 heteroatoms. The molecular formula is C21H29N5O4S. The van der Waals surface area contributed by atoms with Crippen molar-refractivity contribution in [1.29, 1.82) is 0 Å². The number of amides is 1. The smallest absolute Gasteiger partial charge is 0.407 e. The molecule has 2 heterocycles. The average molecular weight is 448 g/mol. The van der Waals surface area contributed by atoms with E-state index < -0.39 is 21.5 Å². The summed E-state index contributed by atoms with van der Waals surface area (Å²) >= 11 is 0. The lowest BCUT2D eigenvalue weighted by atomic mass is 10.1. The third-order valence-corrected chi connectivity index (χ3v) is 6.68. The van der Waals surface area contributed by atoms with Gasteiger partial charge in [0.2, 0.25) is 15.8 Å². The molecule has 1 amide bonds. The molecule has 0 aliphatic carbocycles. The van der Waals surface area contributed by atoms with Crippen LogP contribution in [0.4, 0.5) is 16.6 Å². The third kappa shape index (κ3) is 5.63. The van der Waals surface area contributed by atoms with Gasteiger partial charge in [-0.3, -0.25) is 0 Å². The number of nitrogens with zero attached hydrogens (tertiary/aromatic N) is 3. The monoisotopic (exact) mass is 447 g/mol. The van der Waals surface area contributed by atoms with Gasteiger partial charge in [-0.15, -0.1) is 0 Å². The van der Waals surface area contributed by atoms with Crippen LogP contribution in [0.25, 0.3) is 0 Å².